The molecule has 1 aliphatic rings. The molecule has 0 aliphatic heterocycles. The molecular weight excluding hydrogens is 253 g/mol. The summed E-state index contributed by atoms with van der Waals surface area (Å²) in [6.45, 7) is 1.81. The fraction of sp³-hybridized carbons (Fsp3) is 0.571. The van der Waals surface area contributed by atoms with Gasteiger partial charge in [-0.3, -0.25) is 0 Å². The number of aliphatic hydroxyl groups excluding tert-OH is 1. The number of benzene rings is 1. The molecule has 0 spiro atoms. The highest BCUT2D eigenvalue weighted by Crippen LogP contribution is 2.36. The second-order valence-corrected chi connectivity index (χ2v) is 5.53. The van der Waals surface area contributed by atoms with Gasteiger partial charge < -0.3 is 10.8 Å². The van der Waals surface area contributed by atoms with Gasteiger partial charge in [0.1, 0.15) is 5.82 Å². The molecule has 0 unspecified atom stereocenters. The highest BCUT2D eigenvalue weighted by molar-refractivity contribution is 6.32. The molecule has 0 heterocycles. The Labute approximate surface area is 112 Å². The van der Waals surface area contributed by atoms with E-state index in [4.69, 9.17) is 17.3 Å². The van der Waals surface area contributed by atoms with Gasteiger partial charge in [-0.2, -0.15) is 0 Å². The van der Waals surface area contributed by atoms with E-state index >= 15 is 0 Å². The van der Waals surface area contributed by atoms with Crippen LogP contribution < -0.4 is 5.73 Å². The summed E-state index contributed by atoms with van der Waals surface area (Å²) < 4.78 is 13.9. The zero-order valence-electron chi connectivity index (χ0n) is 10.5. The van der Waals surface area contributed by atoms with Gasteiger partial charge in [0, 0.05) is 5.56 Å². The van der Waals surface area contributed by atoms with Gasteiger partial charge >= 0.3 is 0 Å². The van der Waals surface area contributed by atoms with Crippen molar-refractivity contribution in [2.24, 2.45) is 11.7 Å². The summed E-state index contributed by atoms with van der Waals surface area (Å²) in [6, 6.07) is 2.23. The predicted octanol–water partition coefficient (Wildman–Crippen LogP) is 3.34. The third kappa shape index (κ3) is 2.53. The normalized spacial score (nSPS) is 20.1. The predicted molar refractivity (Wildman–Crippen MR) is 71.0 cm³/mol. The van der Waals surface area contributed by atoms with Crippen molar-refractivity contribution in [2.75, 3.05) is 0 Å². The van der Waals surface area contributed by atoms with Crippen LogP contribution in [0.5, 0.6) is 0 Å². The largest absolute Gasteiger partial charge is 0.391 e. The van der Waals surface area contributed by atoms with Crippen LogP contribution in [0.15, 0.2) is 12.1 Å². The summed E-state index contributed by atoms with van der Waals surface area (Å²) in [4.78, 5) is 0. The van der Waals surface area contributed by atoms with Crippen molar-refractivity contribution in [3.63, 3.8) is 0 Å². The molecule has 2 rings (SSSR count). The maximum atomic E-state index is 13.9. The van der Waals surface area contributed by atoms with Gasteiger partial charge in [0.2, 0.25) is 0 Å². The van der Waals surface area contributed by atoms with Gasteiger partial charge in [-0.05, 0) is 37.3 Å². The highest BCUT2D eigenvalue weighted by Gasteiger charge is 2.31. The van der Waals surface area contributed by atoms with Crippen LogP contribution in [0.1, 0.15) is 42.9 Å². The second kappa shape index (κ2) is 5.55. The van der Waals surface area contributed by atoms with E-state index < -0.39 is 18.0 Å². The van der Waals surface area contributed by atoms with Crippen LogP contribution in [0.3, 0.4) is 0 Å². The molecule has 2 nitrogen and oxygen atoms in total. The highest BCUT2D eigenvalue weighted by atomic mass is 35.5. The zero-order chi connectivity index (χ0) is 13.3. The van der Waals surface area contributed by atoms with Gasteiger partial charge in [0.15, 0.2) is 0 Å². The van der Waals surface area contributed by atoms with Crippen molar-refractivity contribution in [1.82, 2.24) is 0 Å². The van der Waals surface area contributed by atoms with Crippen molar-refractivity contribution < 1.29 is 9.50 Å². The van der Waals surface area contributed by atoms with E-state index in [1.165, 1.54) is 6.07 Å². The number of aryl methyl sites for hydroxylation is 1. The van der Waals surface area contributed by atoms with E-state index in [1.54, 1.807) is 13.0 Å². The molecule has 3 N–H and O–H groups in total. The van der Waals surface area contributed by atoms with Crippen molar-refractivity contribution >= 4 is 11.6 Å². The Kier molecular flexibility index (Phi) is 4.25. The first kappa shape index (κ1) is 13.8. The smallest absolute Gasteiger partial charge is 0.129 e. The lowest BCUT2D eigenvalue weighted by Gasteiger charge is -2.26. The lowest BCUT2D eigenvalue weighted by molar-refractivity contribution is 0.0833. The molecule has 0 bridgehead atoms. The van der Waals surface area contributed by atoms with Crippen molar-refractivity contribution in [2.45, 2.75) is 44.8 Å². The van der Waals surface area contributed by atoms with Crippen LogP contribution in [-0.4, -0.2) is 11.2 Å². The quantitative estimate of drug-likeness (QED) is 0.886. The van der Waals surface area contributed by atoms with E-state index in [9.17, 15) is 9.50 Å². The van der Waals surface area contributed by atoms with Gasteiger partial charge in [0.25, 0.3) is 0 Å². The van der Waals surface area contributed by atoms with E-state index in [0.29, 0.717) is 5.02 Å². The first-order valence-corrected chi connectivity index (χ1v) is 6.78. The number of hydrogen-bond acceptors (Lipinski definition) is 2. The summed E-state index contributed by atoms with van der Waals surface area (Å²) >= 11 is 6.11. The first-order chi connectivity index (χ1) is 8.52. The number of halogens is 2. The van der Waals surface area contributed by atoms with Gasteiger partial charge in [0.05, 0.1) is 17.2 Å². The molecule has 0 radical (unpaired) electrons. The molecule has 1 aliphatic carbocycles. The third-order valence-electron chi connectivity index (χ3n) is 3.90. The van der Waals surface area contributed by atoms with Crippen molar-refractivity contribution in [3.05, 3.63) is 34.1 Å². The maximum Gasteiger partial charge on any atom is 0.129 e. The number of rotatable bonds is 3. The number of nitrogens with two attached hydrogens (primary N) is 1. The Hall–Kier alpha value is -0.640. The summed E-state index contributed by atoms with van der Waals surface area (Å²) in [5.74, 6) is -0.272. The molecule has 4 heteroatoms. The Morgan fingerprint density at radius 1 is 1.39 bits per heavy atom. The average Bonchev–Trinajstić information content (AvgIpc) is 2.87. The SMILES string of the molecule is Cc1ccc(F)c([C@@H](N)[C@@H](O)C2CCCC2)c1Cl. The minimum absolute atomic E-state index is 0.163. The number of aliphatic hydroxyl groups is 1. The summed E-state index contributed by atoms with van der Waals surface area (Å²) in [6.07, 6.45) is 3.41. The number of hydrogen-bond donors (Lipinski definition) is 2. The van der Waals surface area contributed by atoms with Gasteiger partial charge in [-0.25, -0.2) is 4.39 Å². The maximum absolute atomic E-state index is 13.9. The van der Waals surface area contributed by atoms with Gasteiger partial charge in [-0.1, -0.05) is 30.5 Å². The monoisotopic (exact) mass is 271 g/mol. The lowest BCUT2D eigenvalue weighted by atomic mass is 9.90. The molecule has 1 saturated carbocycles. The summed E-state index contributed by atoms with van der Waals surface area (Å²) in [7, 11) is 0. The molecular formula is C14H19ClFNO. The van der Waals surface area contributed by atoms with Crippen LogP contribution in [0.25, 0.3) is 0 Å². The molecule has 1 fully saturated rings. The van der Waals surface area contributed by atoms with Gasteiger partial charge in [-0.15, -0.1) is 0 Å². The van der Waals surface area contributed by atoms with Crippen molar-refractivity contribution in [3.8, 4) is 0 Å². The van der Waals surface area contributed by atoms with Crippen LogP contribution in [0.4, 0.5) is 4.39 Å². The second-order valence-electron chi connectivity index (χ2n) is 5.15. The fourth-order valence-electron chi connectivity index (χ4n) is 2.75. The third-order valence-corrected chi connectivity index (χ3v) is 4.41. The fourth-order valence-corrected chi connectivity index (χ4v) is 3.03. The molecule has 0 aromatic heterocycles. The standard InChI is InChI=1S/C14H19ClFNO/c1-8-6-7-10(16)11(12(8)15)13(17)14(18)9-4-2-3-5-9/h6-7,9,13-14,18H,2-5,17H2,1H3/t13-,14+/m1/s1. The van der Waals surface area contributed by atoms with Crippen LogP contribution in [0, 0.1) is 18.7 Å². The van der Waals surface area contributed by atoms with Crippen molar-refractivity contribution in [1.29, 1.82) is 0 Å². The van der Waals surface area contributed by atoms with E-state index in [2.05, 4.69) is 0 Å². The molecule has 100 valence electrons. The van der Waals surface area contributed by atoms with E-state index in [1.807, 2.05) is 0 Å². The first-order valence-electron chi connectivity index (χ1n) is 6.40. The van der Waals surface area contributed by atoms with Crippen LogP contribution >= 0.6 is 11.6 Å². The van der Waals surface area contributed by atoms with Crippen LogP contribution in [0.2, 0.25) is 5.02 Å². The topological polar surface area (TPSA) is 46.2 Å². The Morgan fingerprint density at radius 3 is 2.61 bits per heavy atom. The van der Waals surface area contributed by atoms with Crippen LogP contribution in [-0.2, 0) is 0 Å². The average molecular weight is 272 g/mol. The Bertz CT molecular complexity index is 432. The summed E-state index contributed by atoms with van der Waals surface area (Å²) in [5, 5.41) is 10.6. The Morgan fingerprint density at radius 2 is 2.00 bits per heavy atom. The molecule has 18 heavy (non-hydrogen) atoms. The molecule has 2 atom stereocenters. The molecule has 0 amide bonds. The van der Waals surface area contributed by atoms with E-state index in [-0.39, 0.29) is 11.5 Å². The molecule has 1 aromatic carbocycles. The molecule has 0 saturated heterocycles. The summed E-state index contributed by atoms with van der Waals surface area (Å²) in [5.41, 5.74) is 7.04. The van der Waals surface area contributed by atoms with E-state index in [0.717, 1.165) is 31.2 Å². The Balaban J connectivity index is 2.27. The molecule has 1 aromatic rings. The minimum atomic E-state index is -0.750. The zero-order valence-corrected chi connectivity index (χ0v) is 11.3. The minimum Gasteiger partial charge on any atom is -0.391 e. The lowest BCUT2D eigenvalue weighted by Crippen LogP contribution is -2.33.